The Morgan fingerprint density at radius 1 is 1.06 bits per heavy atom. The summed E-state index contributed by atoms with van der Waals surface area (Å²) in [5.74, 6) is 0.0358. The molecule has 2 aromatic heterocycles. The minimum absolute atomic E-state index is 0.0354. The van der Waals surface area contributed by atoms with Gasteiger partial charge in [-0.25, -0.2) is 13.4 Å². The van der Waals surface area contributed by atoms with E-state index < -0.39 is 45.3 Å². The van der Waals surface area contributed by atoms with E-state index in [4.69, 9.17) is 19.2 Å². The first-order valence-corrected chi connectivity index (χ1v) is 18.6. The van der Waals surface area contributed by atoms with Crippen molar-refractivity contribution in [1.29, 1.82) is 0 Å². The van der Waals surface area contributed by atoms with Gasteiger partial charge in [-0.05, 0) is 43.5 Å². The second-order valence-corrected chi connectivity index (χ2v) is 14.0. The number of nitrogens with one attached hydrogen (secondary N) is 1. The van der Waals surface area contributed by atoms with Crippen molar-refractivity contribution in [1.82, 2.24) is 23.7 Å². The first-order valence-electron chi connectivity index (χ1n) is 17.2. The van der Waals surface area contributed by atoms with Crippen molar-refractivity contribution in [2.75, 3.05) is 65.7 Å². The largest absolute Gasteiger partial charge is 0.493 e. The third-order valence-electron chi connectivity index (χ3n) is 8.31. The number of fused-ring (bicyclic) bond motifs is 1. The van der Waals surface area contributed by atoms with Gasteiger partial charge in [0.05, 0.1) is 42.2 Å². The van der Waals surface area contributed by atoms with Crippen molar-refractivity contribution in [3.8, 4) is 17.1 Å². The fraction of sp³-hybridized carbons (Fsp3) is 0.594. The Bertz CT molecular complexity index is 1860. The van der Waals surface area contributed by atoms with Gasteiger partial charge >= 0.3 is 5.97 Å². The number of H-pyrrole nitrogens is 1. The van der Waals surface area contributed by atoms with Crippen LogP contribution in [-0.4, -0.2) is 120 Å². The molecule has 0 aliphatic carbocycles. The van der Waals surface area contributed by atoms with Crippen LogP contribution in [0.15, 0.2) is 34.1 Å². The summed E-state index contributed by atoms with van der Waals surface area (Å²) >= 11 is 0. The van der Waals surface area contributed by atoms with E-state index in [-0.39, 0.29) is 49.0 Å². The number of carbonyl (C=O) groups is 1. The Morgan fingerprint density at radius 2 is 1.81 bits per heavy atom. The van der Waals surface area contributed by atoms with E-state index in [0.29, 0.717) is 55.1 Å². The van der Waals surface area contributed by atoms with Crippen molar-refractivity contribution in [3.63, 3.8) is 0 Å². The normalized spacial score (nSPS) is 14.7. The van der Waals surface area contributed by atoms with Crippen molar-refractivity contribution in [2.45, 2.75) is 64.0 Å². The topological polar surface area (TPSA) is 232 Å². The van der Waals surface area contributed by atoms with Gasteiger partial charge in [-0.3, -0.25) is 24.6 Å². The van der Waals surface area contributed by atoms with Crippen LogP contribution in [-0.2, 0) is 42.1 Å². The molecule has 0 amide bonds. The molecule has 19 nitrogen and oxygen atoms in total. The van der Waals surface area contributed by atoms with E-state index in [1.54, 1.807) is 6.07 Å². The standard InChI is InChI=1S/C32H45N7O12S/c1-4-7-23-20-36(6-3)30-29(23)33-31(34-32(30)41)26-19-25(8-9-27(26)49-16-5-2)52(46,47)37-13-11-35(12-14-37)15-18-50-28(40)10-17-48-22-24(21-38(42)43)51-39(44)45/h8-9,19-20,24H,4-7,10-18,21-22H2,1-3H3,(H,33,34,41). The van der Waals surface area contributed by atoms with E-state index in [9.17, 15) is 38.2 Å². The number of aromatic nitrogens is 3. The molecule has 286 valence electrons. The lowest BCUT2D eigenvalue weighted by Gasteiger charge is -2.33. The molecule has 1 aliphatic rings. The van der Waals surface area contributed by atoms with Crippen LogP contribution >= 0.6 is 0 Å². The van der Waals surface area contributed by atoms with E-state index in [2.05, 4.69) is 9.82 Å². The predicted octanol–water partition coefficient (Wildman–Crippen LogP) is 2.26. The number of nitro groups is 1. The lowest BCUT2D eigenvalue weighted by Crippen LogP contribution is -2.49. The summed E-state index contributed by atoms with van der Waals surface area (Å²) < 4.78 is 47.2. The highest BCUT2D eigenvalue weighted by Gasteiger charge is 2.30. The number of esters is 1. The molecule has 1 atom stereocenters. The van der Waals surface area contributed by atoms with E-state index in [1.165, 1.54) is 16.4 Å². The zero-order valence-corrected chi connectivity index (χ0v) is 30.3. The quantitative estimate of drug-likeness (QED) is 0.0712. The summed E-state index contributed by atoms with van der Waals surface area (Å²) in [6.45, 7) is 7.05. The first-order chi connectivity index (χ1) is 24.9. The fourth-order valence-corrected chi connectivity index (χ4v) is 7.22. The first kappa shape index (κ1) is 40.1. The molecule has 1 fully saturated rings. The number of nitrogens with zero attached hydrogens (tertiary/aromatic N) is 6. The van der Waals surface area contributed by atoms with Crippen molar-refractivity contribution >= 4 is 27.0 Å². The lowest BCUT2D eigenvalue weighted by molar-refractivity contribution is -0.774. The van der Waals surface area contributed by atoms with Gasteiger partial charge < -0.3 is 28.6 Å². The lowest BCUT2D eigenvalue weighted by atomic mass is 10.1. The molecular weight excluding hydrogens is 706 g/mol. The number of benzene rings is 1. The number of hydrogen-bond acceptors (Lipinski definition) is 14. The fourth-order valence-electron chi connectivity index (χ4n) is 5.77. The minimum atomic E-state index is -3.94. The molecule has 3 aromatic rings. The molecule has 1 unspecified atom stereocenters. The summed E-state index contributed by atoms with van der Waals surface area (Å²) in [6, 6.07) is 4.57. The second kappa shape index (κ2) is 18.7. The highest BCUT2D eigenvalue weighted by Crippen LogP contribution is 2.33. The van der Waals surface area contributed by atoms with Crippen molar-refractivity contribution in [3.05, 3.63) is 60.5 Å². The SMILES string of the molecule is CCCOc1ccc(S(=O)(=O)N2CCN(CCOC(=O)CCOCC(C[N+](=O)[O-])O[N+](=O)[O-])CC2)cc1-c1nc2c(CCC)cn(CC)c2c(=O)[nH]1. The van der Waals surface area contributed by atoms with E-state index in [1.807, 2.05) is 36.4 Å². The second-order valence-electron chi connectivity index (χ2n) is 12.1. The summed E-state index contributed by atoms with van der Waals surface area (Å²) in [5.41, 5.74) is 2.04. The zero-order valence-electron chi connectivity index (χ0n) is 29.5. The van der Waals surface area contributed by atoms with Crippen molar-refractivity contribution < 1.29 is 42.3 Å². The molecule has 0 spiro atoms. The van der Waals surface area contributed by atoms with Gasteiger partial charge in [0.25, 0.3) is 10.6 Å². The van der Waals surface area contributed by atoms with Crippen LogP contribution in [0.2, 0.25) is 0 Å². The minimum Gasteiger partial charge on any atom is -0.493 e. The maximum Gasteiger partial charge on any atom is 0.308 e. The molecule has 52 heavy (non-hydrogen) atoms. The third kappa shape index (κ3) is 10.5. The Hall–Kier alpha value is -4.66. The van der Waals surface area contributed by atoms with Gasteiger partial charge in [0.1, 0.15) is 23.7 Å². The molecule has 1 saturated heterocycles. The number of ether oxygens (including phenoxy) is 3. The van der Waals surface area contributed by atoms with Crippen LogP contribution in [0.3, 0.4) is 0 Å². The molecule has 0 bridgehead atoms. The Morgan fingerprint density at radius 3 is 2.46 bits per heavy atom. The summed E-state index contributed by atoms with van der Waals surface area (Å²) in [6.07, 6.45) is 2.68. The van der Waals surface area contributed by atoms with E-state index >= 15 is 0 Å². The van der Waals surface area contributed by atoms with Gasteiger partial charge in [-0.2, -0.15) is 4.31 Å². The van der Waals surface area contributed by atoms with E-state index in [0.717, 1.165) is 24.8 Å². The molecule has 1 aromatic carbocycles. The third-order valence-corrected chi connectivity index (χ3v) is 10.2. The monoisotopic (exact) mass is 751 g/mol. The molecule has 4 rings (SSSR count). The van der Waals surface area contributed by atoms with Crippen LogP contribution in [0.25, 0.3) is 22.4 Å². The average molecular weight is 752 g/mol. The van der Waals surface area contributed by atoms with Crippen LogP contribution in [0.1, 0.15) is 45.6 Å². The Balaban J connectivity index is 1.36. The predicted molar refractivity (Wildman–Crippen MR) is 187 cm³/mol. The summed E-state index contributed by atoms with van der Waals surface area (Å²) in [5, 5.41) is 19.9. The van der Waals surface area contributed by atoms with Gasteiger partial charge in [0.15, 0.2) is 6.10 Å². The molecule has 0 saturated carbocycles. The summed E-state index contributed by atoms with van der Waals surface area (Å²) in [4.78, 5) is 59.6. The van der Waals surface area contributed by atoms with Gasteiger partial charge in [0.2, 0.25) is 16.6 Å². The highest BCUT2D eigenvalue weighted by atomic mass is 32.2. The Labute approximate surface area is 300 Å². The van der Waals surface area contributed by atoms with Gasteiger partial charge in [-0.1, -0.05) is 20.3 Å². The van der Waals surface area contributed by atoms with Gasteiger partial charge in [0, 0.05) is 50.4 Å². The van der Waals surface area contributed by atoms with Gasteiger partial charge in [-0.15, -0.1) is 10.1 Å². The number of hydrogen-bond donors (Lipinski definition) is 1. The molecule has 1 aliphatic heterocycles. The van der Waals surface area contributed by atoms with Crippen molar-refractivity contribution in [2.24, 2.45) is 0 Å². The van der Waals surface area contributed by atoms with Crippen LogP contribution < -0.4 is 10.3 Å². The van der Waals surface area contributed by atoms with Crippen LogP contribution in [0, 0.1) is 20.2 Å². The average Bonchev–Trinajstić information content (AvgIpc) is 3.46. The Kier molecular flexibility index (Phi) is 14.4. The highest BCUT2D eigenvalue weighted by molar-refractivity contribution is 7.89. The maximum absolute atomic E-state index is 13.9. The van der Waals surface area contributed by atoms with Crippen LogP contribution in [0.4, 0.5) is 0 Å². The number of sulfonamides is 1. The molecular formula is C32H45N7O12S. The maximum atomic E-state index is 13.9. The molecule has 1 N–H and O–H groups in total. The smallest absolute Gasteiger partial charge is 0.308 e. The molecule has 3 heterocycles. The number of carbonyl (C=O) groups excluding carboxylic acids is 1. The van der Waals surface area contributed by atoms with Crippen LogP contribution in [0.5, 0.6) is 5.75 Å². The zero-order chi connectivity index (χ0) is 37.8. The molecule has 0 radical (unpaired) electrons. The number of piperazine rings is 1. The number of aryl methyl sites for hydroxylation is 2. The number of aromatic amines is 1. The summed E-state index contributed by atoms with van der Waals surface area (Å²) in [7, 11) is -3.94. The molecule has 20 heteroatoms. The number of rotatable bonds is 21.